The van der Waals surface area contributed by atoms with Gasteiger partial charge in [0.1, 0.15) is 17.6 Å². The average molecular weight is 509 g/mol. The van der Waals surface area contributed by atoms with E-state index in [2.05, 4.69) is 20.5 Å². The molecule has 0 spiro atoms. The number of alkyl halides is 6. The number of benzene rings is 2. The van der Waals surface area contributed by atoms with Gasteiger partial charge in [-0.25, -0.2) is 4.98 Å². The molecule has 0 saturated heterocycles. The molecule has 3 rings (SSSR count). The standard InChI is InChI=1S/C21H13F6N7O2/c1-10-14(9-28)18(29)31-19(30-12-4-2-3-11(7-12)20(22,23)24)17(10)33-32-16-6-5-13(34(35)36)8-15(16)21(25,26)27/h2-8H,1H3,(H3,29,30,31). The number of azo groups is 1. The molecule has 0 saturated carbocycles. The van der Waals surface area contributed by atoms with Crippen LogP contribution < -0.4 is 11.1 Å². The maximum atomic E-state index is 13.5. The van der Waals surface area contributed by atoms with E-state index in [4.69, 9.17) is 5.73 Å². The van der Waals surface area contributed by atoms with Crippen LogP contribution in [0.25, 0.3) is 0 Å². The maximum absolute atomic E-state index is 13.5. The Morgan fingerprint density at radius 2 is 1.78 bits per heavy atom. The summed E-state index contributed by atoms with van der Waals surface area (Å²) in [6.45, 7) is 1.34. The molecule has 9 nitrogen and oxygen atoms in total. The van der Waals surface area contributed by atoms with Crippen molar-refractivity contribution < 1.29 is 31.3 Å². The molecule has 0 aliphatic rings. The first-order valence-electron chi connectivity index (χ1n) is 9.64. The Morgan fingerprint density at radius 3 is 2.36 bits per heavy atom. The molecule has 3 aromatic rings. The third-order valence-corrected chi connectivity index (χ3v) is 4.76. The number of nitrogens with two attached hydrogens (primary N) is 1. The number of halogens is 6. The summed E-state index contributed by atoms with van der Waals surface area (Å²) in [6.07, 6.45) is -9.68. The largest absolute Gasteiger partial charge is 0.418 e. The molecular formula is C21H13F6N7O2. The van der Waals surface area contributed by atoms with Gasteiger partial charge in [-0.1, -0.05) is 6.07 Å². The summed E-state index contributed by atoms with van der Waals surface area (Å²) >= 11 is 0. The summed E-state index contributed by atoms with van der Waals surface area (Å²) in [5.41, 5.74) is 1.15. The maximum Gasteiger partial charge on any atom is 0.418 e. The zero-order chi connectivity index (χ0) is 26.8. The molecule has 0 unspecified atom stereocenters. The van der Waals surface area contributed by atoms with Crippen LogP contribution in [-0.2, 0) is 12.4 Å². The molecule has 15 heteroatoms. The molecular weight excluding hydrogens is 496 g/mol. The number of nitrogens with one attached hydrogen (secondary N) is 1. The van der Waals surface area contributed by atoms with Gasteiger partial charge in [-0.05, 0) is 31.2 Å². The summed E-state index contributed by atoms with van der Waals surface area (Å²) in [5, 5.41) is 30.1. The van der Waals surface area contributed by atoms with Crippen LogP contribution in [0.15, 0.2) is 52.7 Å². The van der Waals surface area contributed by atoms with E-state index < -0.39 is 39.8 Å². The van der Waals surface area contributed by atoms with E-state index in [-0.39, 0.29) is 40.2 Å². The predicted octanol–water partition coefficient (Wildman–Crippen LogP) is 6.95. The topological polar surface area (TPSA) is 143 Å². The highest BCUT2D eigenvalue weighted by Crippen LogP contribution is 2.41. The first kappa shape index (κ1) is 25.9. The normalized spacial score (nSPS) is 11.9. The minimum absolute atomic E-state index is 0.0266. The Morgan fingerprint density at radius 1 is 1.08 bits per heavy atom. The average Bonchev–Trinajstić information content (AvgIpc) is 2.78. The lowest BCUT2D eigenvalue weighted by atomic mass is 10.1. The van der Waals surface area contributed by atoms with Crippen LogP contribution in [0.3, 0.4) is 0 Å². The summed E-state index contributed by atoms with van der Waals surface area (Å²) in [5.74, 6) is -0.600. The van der Waals surface area contributed by atoms with E-state index in [1.807, 2.05) is 0 Å². The van der Waals surface area contributed by atoms with Crippen molar-refractivity contribution in [2.45, 2.75) is 19.3 Å². The predicted molar refractivity (Wildman–Crippen MR) is 115 cm³/mol. The second-order valence-electron chi connectivity index (χ2n) is 7.17. The molecule has 36 heavy (non-hydrogen) atoms. The fourth-order valence-electron chi connectivity index (χ4n) is 3.03. The molecule has 0 aliphatic heterocycles. The van der Waals surface area contributed by atoms with Gasteiger partial charge in [-0.2, -0.15) is 31.6 Å². The number of rotatable bonds is 5. The second-order valence-corrected chi connectivity index (χ2v) is 7.17. The van der Waals surface area contributed by atoms with Crippen molar-refractivity contribution in [1.82, 2.24) is 4.98 Å². The lowest BCUT2D eigenvalue weighted by molar-refractivity contribution is -0.385. The van der Waals surface area contributed by atoms with Crippen LogP contribution >= 0.6 is 0 Å². The van der Waals surface area contributed by atoms with Gasteiger partial charge in [-0.3, -0.25) is 10.1 Å². The number of aromatic nitrogens is 1. The molecule has 1 heterocycles. The molecule has 0 bridgehead atoms. The summed E-state index contributed by atoms with van der Waals surface area (Å²) in [7, 11) is 0. The van der Waals surface area contributed by atoms with Crippen molar-refractivity contribution in [2.75, 3.05) is 11.1 Å². The van der Waals surface area contributed by atoms with Crippen LogP contribution in [0.2, 0.25) is 0 Å². The van der Waals surface area contributed by atoms with Crippen LogP contribution in [0, 0.1) is 28.4 Å². The molecule has 0 fully saturated rings. The zero-order valence-electron chi connectivity index (χ0n) is 17.9. The highest BCUT2D eigenvalue weighted by atomic mass is 19.4. The van der Waals surface area contributed by atoms with Gasteiger partial charge in [-0.15, -0.1) is 10.2 Å². The smallest absolute Gasteiger partial charge is 0.383 e. The Balaban J connectivity index is 2.14. The number of nitro benzene ring substituents is 1. The van der Waals surface area contributed by atoms with Crippen molar-refractivity contribution in [3.63, 3.8) is 0 Å². The number of anilines is 3. The zero-order valence-corrected chi connectivity index (χ0v) is 17.9. The monoisotopic (exact) mass is 509 g/mol. The van der Waals surface area contributed by atoms with Gasteiger partial charge in [0.05, 0.1) is 27.3 Å². The van der Waals surface area contributed by atoms with Crippen molar-refractivity contribution >= 4 is 34.4 Å². The van der Waals surface area contributed by atoms with Gasteiger partial charge >= 0.3 is 12.4 Å². The van der Waals surface area contributed by atoms with E-state index >= 15 is 0 Å². The number of nitrogen functional groups attached to an aromatic ring is 1. The Hall–Kier alpha value is -4.74. The third kappa shape index (κ3) is 5.49. The number of nitro groups is 1. The highest BCUT2D eigenvalue weighted by molar-refractivity contribution is 5.77. The van der Waals surface area contributed by atoms with Gasteiger partial charge in [0.15, 0.2) is 5.82 Å². The van der Waals surface area contributed by atoms with Crippen LogP contribution in [0.4, 0.5) is 60.7 Å². The van der Waals surface area contributed by atoms with Crippen LogP contribution in [0.5, 0.6) is 0 Å². The highest BCUT2D eigenvalue weighted by Gasteiger charge is 2.35. The Kier molecular flexibility index (Phi) is 6.82. The Bertz CT molecular complexity index is 1410. The van der Waals surface area contributed by atoms with Crippen molar-refractivity contribution in [1.29, 1.82) is 5.26 Å². The SMILES string of the molecule is Cc1c(C#N)c(N)nc(Nc2cccc(C(F)(F)F)c2)c1N=Nc1ccc([N+](=O)[O-])cc1C(F)(F)F. The van der Waals surface area contributed by atoms with Crippen LogP contribution in [0.1, 0.15) is 22.3 Å². The molecule has 0 atom stereocenters. The number of nitriles is 1. The second kappa shape index (κ2) is 9.49. The third-order valence-electron chi connectivity index (χ3n) is 4.76. The minimum Gasteiger partial charge on any atom is -0.383 e. The van der Waals surface area contributed by atoms with Gasteiger partial charge in [0, 0.05) is 23.4 Å². The number of non-ortho nitro benzene ring substituents is 1. The van der Waals surface area contributed by atoms with Gasteiger partial charge in [0.25, 0.3) is 5.69 Å². The van der Waals surface area contributed by atoms with Crippen molar-refractivity contribution in [3.05, 3.63) is 74.8 Å². The van der Waals surface area contributed by atoms with Crippen molar-refractivity contribution in [3.8, 4) is 6.07 Å². The molecule has 0 amide bonds. The number of nitrogens with zero attached hydrogens (tertiary/aromatic N) is 5. The lowest BCUT2D eigenvalue weighted by Crippen LogP contribution is -2.07. The first-order chi connectivity index (χ1) is 16.7. The molecule has 0 radical (unpaired) electrons. The minimum atomic E-state index is -5.02. The van der Waals surface area contributed by atoms with E-state index in [1.165, 1.54) is 13.0 Å². The quantitative estimate of drug-likeness (QED) is 0.165. The fourth-order valence-corrected chi connectivity index (χ4v) is 3.03. The lowest BCUT2D eigenvalue weighted by Gasteiger charge is -2.14. The molecule has 1 aromatic heterocycles. The van der Waals surface area contributed by atoms with E-state index in [0.717, 1.165) is 30.3 Å². The summed E-state index contributed by atoms with van der Waals surface area (Å²) in [6, 6.07) is 7.52. The first-order valence-corrected chi connectivity index (χ1v) is 9.64. The summed E-state index contributed by atoms with van der Waals surface area (Å²) in [4.78, 5) is 13.8. The van der Waals surface area contributed by atoms with E-state index in [1.54, 1.807) is 6.07 Å². The van der Waals surface area contributed by atoms with Gasteiger partial charge in [0.2, 0.25) is 0 Å². The van der Waals surface area contributed by atoms with Crippen molar-refractivity contribution in [2.24, 2.45) is 10.2 Å². The van der Waals surface area contributed by atoms with E-state index in [0.29, 0.717) is 0 Å². The number of pyridine rings is 1. The molecule has 3 N–H and O–H groups in total. The van der Waals surface area contributed by atoms with Gasteiger partial charge < -0.3 is 11.1 Å². The van der Waals surface area contributed by atoms with Crippen LogP contribution in [-0.4, -0.2) is 9.91 Å². The number of hydrogen-bond acceptors (Lipinski definition) is 8. The van der Waals surface area contributed by atoms with E-state index in [9.17, 15) is 41.7 Å². The molecule has 0 aliphatic carbocycles. The fraction of sp³-hybridized carbons (Fsp3) is 0.143. The summed E-state index contributed by atoms with van der Waals surface area (Å²) < 4.78 is 79.6. The Labute approximate surface area is 198 Å². The molecule has 2 aromatic carbocycles. The number of hydrogen-bond donors (Lipinski definition) is 2. The molecule has 186 valence electrons.